The first-order valence-electron chi connectivity index (χ1n) is 7.25. The second-order valence-electron chi connectivity index (χ2n) is 5.36. The Bertz CT molecular complexity index is 380. The molecule has 1 aliphatic heterocycles. The molecule has 108 valence electrons. The number of rotatable bonds is 7. The maximum Gasteiger partial charge on any atom is 0.0474 e. The maximum absolute atomic E-state index is 5.06. The van der Waals surface area contributed by atoms with Gasteiger partial charge in [-0.2, -0.15) is 0 Å². The first kappa shape index (κ1) is 15.0. The molecule has 1 N–H and O–H groups in total. The summed E-state index contributed by atoms with van der Waals surface area (Å²) in [6, 6.07) is 3.45. The zero-order chi connectivity index (χ0) is 13.7. The van der Waals surface area contributed by atoms with Gasteiger partial charge in [-0.15, -0.1) is 11.3 Å². The van der Waals surface area contributed by atoms with Gasteiger partial charge in [0.2, 0.25) is 0 Å². The number of methoxy groups -OCH3 is 1. The third-order valence-electron chi connectivity index (χ3n) is 4.03. The Hall–Kier alpha value is -0.420. The van der Waals surface area contributed by atoms with E-state index in [1.807, 2.05) is 11.3 Å². The molecule has 0 aliphatic carbocycles. The molecule has 19 heavy (non-hydrogen) atoms. The average Bonchev–Trinajstić information content (AvgIpc) is 2.88. The van der Waals surface area contributed by atoms with Crippen LogP contribution >= 0.6 is 11.3 Å². The topological polar surface area (TPSA) is 24.5 Å². The van der Waals surface area contributed by atoms with Crippen molar-refractivity contribution in [2.45, 2.75) is 38.8 Å². The zero-order valence-corrected chi connectivity index (χ0v) is 13.1. The van der Waals surface area contributed by atoms with E-state index in [1.54, 1.807) is 17.6 Å². The minimum Gasteiger partial charge on any atom is -0.385 e. The van der Waals surface area contributed by atoms with Gasteiger partial charge in [-0.25, -0.2) is 0 Å². The molecule has 0 saturated heterocycles. The van der Waals surface area contributed by atoms with E-state index in [0.717, 1.165) is 26.1 Å². The Labute approximate surface area is 121 Å². The molecule has 0 aromatic carbocycles. The van der Waals surface area contributed by atoms with Gasteiger partial charge in [0.05, 0.1) is 0 Å². The van der Waals surface area contributed by atoms with Crippen molar-refractivity contribution < 1.29 is 4.74 Å². The second kappa shape index (κ2) is 7.39. The summed E-state index contributed by atoms with van der Waals surface area (Å²) >= 11 is 1.91. The smallest absolute Gasteiger partial charge is 0.0474 e. The molecular formula is C15H26N2OS. The van der Waals surface area contributed by atoms with Gasteiger partial charge in [0, 0.05) is 43.8 Å². The lowest BCUT2D eigenvalue weighted by atomic mass is 9.99. The normalized spacial score (nSPS) is 21.3. The number of fused-ring (bicyclic) bond motifs is 1. The molecule has 0 fully saturated rings. The first-order valence-corrected chi connectivity index (χ1v) is 8.13. The molecule has 1 aliphatic rings. The number of nitrogens with one attached hydrogen (secondary N) is 1. The third kappa shape index (κ3) is 3.78. The van der Waals surface area contributed by atoms with E-state index in [-0.39, 0.29) is 0 Å². The van der Waals surface area contributed by atoms with Gasteiger partial charge >= 0.3 is 0 Å². The summed E-state index contributed by atoms with van der Waals surface area (Å²) in [6.07, 6.45) is 2.30. The minimum atomic E-state index is 0.561. The van der Waals surface area contributed by atoms with Crippen LogP contribution in [-0.4, -0.2) is 44.3 Å². The van der Waals surface area contributed by atoms with Crippen molar-refractivity contribution in [2.24, 2.45) is 0 Å². The molecule has 0 saturated carbocycles. The van der Waals surface area contributed by atoms with E-state index in [9.17, 15) is 0 Å². The van der Waals surface area contributed by atoms with E-state index < -0.39 is 0 Å². The molecule has 3 nitrogen and oxygen atoms in total. The summed E-state index contributed by atoms with van der Waals surface area (Å²) in [4.78, 5) is 4.21. The summed E-state index contributed by atoms with van der Waals surface area (Å²) in [6.45, 7) is 8.82. The Morgan fingerprint density at radius 2 is 2.42 bits per heavy atom. The summed E-state index contributed by atoms with van der Waals surface area (Å²) < 4.78 is 5.06. The minimum absolute atomic E-state index is 0.561. The standard InChI is InChI=1S/C15H26N2OS/c1-12(11-16-7-4-9-18-3)17-8-5-15-14(13(17)2)6-10-19-15/h6,10,12-13,16H,4-5,7-9,11H2,1-3H3. The Morgan fingerprint density at radius 3 is 3.21 bits per heavy atom. The Morgan fingerprint density at radius 1 is 1.58 bits per heavy atom. The van der Waals surface area contributed by atoms with E-state index in [2.05, 4.69) is 35.5 Å². The molecule has 1 aromatic heterocycles. The van der Waals surface area contributed by atoms with E-state index in [0.29, 0.717) is 12.1 Å². The highest BCUT2D eigenvalue weighted by atomic mass is 32.1. The fourth-order valence-corrected chi connectivity index (χ4v) is 3.86. The van der Waals surface area contributed by atoms with Crippen LogP contribution in [0.15, 0.2) is 11.4 Å². The lowest BCUT2D eigenvalue weighted by molar-refractivity contribution is 0.141. The maximum atomic E-state index is 5.06. The predicted octanol–water partition coefficient (Wildman–Crippen LogP) is 2.68. The molecule has 2 atom stereocenters. The highest BCUT2D eigenvalue weighted by Crippen LogP contribution is 2.33. The molecule has 2 unspecified atom stereocenters. The summed E-state index contributed by atoms with van der Waals surface area (Å²) in [7, 11) is 1.76. The molecular weight excluding hydrogens is 256 g/mol. The second-order valence-corrected chi connectivity index (χ2v) is 6.36. The van der Waals surface area contributed by atoms with Crippen LogP contribution in [0.4, 0.5) is 0 Å². The van der Waals surface area contributed by atoms with Crippen molar-refractivity contribution in [1.29, 1.82) is 0 Å². The van der Waals surface area contributed by atoms with Gasteiger partial charge in [0.15, 0.2) is 0 Å². The predicted molar refractivity (Wildman–Crippen MR) is 82.0 cm³/mol. The summed E-state index contributed by atoms with van der Waals surface area (Å²) in [5, 5.41) is 5.77. The van der Waals surface area contributed by atoms with Crippen molar-refractivity contribution in [3.63, 3.8) is 0 Å². The van der Waals surface area contributed by atoms with Gasteiger partial charge in [0.25, 0.3) is 0 Å². The third-order valence-corrected chi connectivity index (χ3v) is 5.03. The van der Waals surface area contributed by atoms with Crippen LogP contribution in [-0.2, 0) is 11.2 Å². The van der Waals surface area contributed by atoms with Gasteiger partial charge in [0.1, 0.15) is 0 Å². The lowest BCUT2D eigenvalue weighted by Gasteiger charge is -2.38. The van der Waals surface area contributed by atoms with Crippen LogP contribution < -0.4 is 5.32 Å². The fraction of sp³-hybridized carbons (Fsp3) is 0.733. The van der Waals surface area contributed by atoms with E-state index in [4.69, 9.17) is 4.74 Å². The van der Waals surface area contributed by atoms with Gasteiger partial charge in [-0.1, -0.05) is 0 Å². The highest BCUT2D eigenvalue weighted by Gasteiger charge is 2.27. The van der Waals surface area contributed by atoms with Crippen molar-refractivity contribution in [2.75, 3.05) is 33.4 Å². The molecule has 0 bridgehead atoms. The van der Waals surface area contributed by atoms with Gasteiger partial charge in [-0.3, -0.25) is 4.90 Å². The first-order chi connectivity index (χ1) is 9.24. The largest absolute Gasteiger partial charge is 0.385 e. The molecule has 0 spiro atoms. The van der Waals surface area contributed by atoms with Crippen molar-refractivity contribution in [1.82, 2.24) is 10.2 Å². The van der Waals surface area contributed by atoms with E-state index >= 15 is 0 Å². The lowest BCUT2D eigenvalue weighted by Crippen LogP contribution is -2.44. The van der Waals surface area contributed by atoms with Crippen LogP contribution in [0.2, 0.25) is 0 Å². The SMILES string of the molecule is COCCCNCC(C)N1CCc2sccc2C1C. The molecule has 0 radical (unpaired) electrons. The van der Waals surface area contributed by atoms with Crippen molar-refractivity contribution in [3.8, 4) is 0 Å². The van der Waals surface area contributed by atoms with Crippen LogP contribution in [0.1, 0.15) is 36.8 Å². The van der Waals surface area contributed by atoms with Crippen LogP contribution in [0, 0.1) is 0 Å². The molecule has 1 aromatic rings. The highest BCUT2D eigenvalue weighted by molar-refractivity contribution is 7.10. The number of nitrogens with zero attached hydrogens (tertiary/aromatic N) is 1. The fourth-order valence-electron chi connectivity index (χ4n) is 2.90. The molecule has 4 heteroatoms. The Kier molecular flexibility index (Phi) is 5.82. The van der Waals surface area contributed by atoms with Crippen LogP contribution in [0.5, 0.6) is 0 Å². The summed E-state index contributed by atoms with van der Waals surface area (Å²) in [5.74, 6) is 0. The van der Waals surface area contributed by atoms with Gasteiger partial charge in [-0.05, 0) is 50.2 Å². The van der Waals surface area contributed by atoms with Crippen molar-refractivity contribution >= 4 is 11.3 Å². The number of ether oxygens (including phenoxy) is 1. The number of thiophene rings is 1. The average molecular weight is 282 g/mol. The number of hydrogen-bond acceptors (Lipinski definition) is 4. The van der Waals surface area contributed by atoms with Crippen LogP contribution in [0.3, 0.4) is 0 Å². The number of hydrogen-bond donors (Lipinski definition) is 1. The molecule has 2 rings (SSSR count). The van der Waals surface area contributed by atoms with Crippen LogP contribution in [0.25, 0.3) is 0 Å². The molecule has 2 heterocycles. The van der Waals surface area contributed by atoms with Crippen molar-refractivity contribution in [3.05, 3.63) is 21.9 Å². The van der Waals surface area contributed by atoms with Gasteiger partial charge < -0.3 is 10.1 Å². The monoisotopic (exact) mass is 282 g/mol. The summed E-state index contributed by atoms with van der Waals surface area (Å²) in [5.41, 5.74) is 1.54. The van der Waals surface area contributed by atoms with E-state index in [1.165, 1.54) is 13.0 Å². The quantitative estimate of drug-likeness (QED) is 0.778. The Balaban J connectivity index is 1.79. The molecule has 0 amide bonds. The zero-order valence-electron chi connectivity index (χ0n) is 12.3.